The molecule has 1 atom stereocenters. The summed E-state index contributed by atoms with van der Waals surface area (Å²) in [6.45, 7) is 2.07. The summed E-state index contributed by atoms with van der Waals surface area (Å²) in [6, 6.07) is 10.2. The van der Waals surface area contributed by atoms with Crippen molar-refractivity contribution in [1.29, 1.82) is 0 Å². The Morgan fingerprint density at radius 1 is 1.22 bits per heavy atom. The molecule has 0 aliphatic rings. The Bertz CT molecular complexity index is 538. The highest BCUT2D eigenvalue weighted by molar-refractivity contribution is 9.10. The van der Waals surface area contributed by atoms with Gasteiger partial charge in [-0.25, -0.2) is 0 Å². The van der Waals surface area contributed by atoms with Gasteiger partial charge in [-0.3, -0.25) is 4.98 Å². The molecular formula is C14H14Br2N2. The Balaban J connectivity index is 2.16. The molecule has 1 aromatic carbocycles. The standard InChI is InChI=1S/C14H14Br2N2/c1-9-2-5-12(13(16)6-9)14(17)7-11-4-3-10(15)8-18-11/h2-6,8,14H,7,17H2,1H3. The summed E-state index contributed by atoms with van der Waals surface area (Å²) in [4.78, 5) is 4.35. The second-order valence-electron chi connectivity index (χ2n) is 4.30. The molecule has 2 N–H and O–H groups in total. The molecule has 18 heavy (non-hydrogen) atoms. The molecule has 0 aliphatic carbocycles. The number of hydrogen-bond acceptors (Lipinski definition) is 2. The minimum absolute atomic E-state index is 0.0475. The fourth-order valence-corrected chi connectivity index (χ4v) is 2.82. The first-order chi connectivity index (χ1) is 8.56. The molecule has 0 saturated heterocycles. The first kappa shape index (κ1) is 13.7. The lowest BCUT2D eigenvalue weighted by Crippen LogP contribution is -2.14. The summed E-state index contributed by atoms with van der Waals surface area (Å²) < 4.78 is 2.04. The van der Waals surface area contributed by atoms with Gasteiger partial charge in [0.1, 0.15) is 0 Å². The predicted octanol–water partition coefficient (Wildman–Crippen LogP) is 4.16. The maximum Gasteiger partial charge on any atom is 0.0423 e. The van der Waals surface area contributed by atoms with Crippen LogP contribution in [0.15, 0.2) is 45.5 Å². The zero-order chi connectivity index (χ0) is 13.1. The van der Waals surface area contributed by atoms with E-state index in [0.717, 1.165) is 26.6 Å². The molecule has 0 saturated carbocycles. The lowest BCUT2D eigenvalue weighted by Gasteiger charge is -2.14. The minimum atomic E-state index is -0.0475. The lowest BCUT2D eigenvalue weighted by molar-refractivity contribution is 0.703. The Morgan fingerprint density at radius 3 is 2.61 bits per heavy atom. The fraction of sp³-hybridized carbons (Fsp3) is 0.214. The zero-order valence-electron chi connectivity index (χ0n) is 10.0. The van der Waals surface area contributed by atoms with E-state index in [9.17, 15) is 0 Å². The number of aryl methyl sites for hydroxylation is 1. The summed E-state index contributed by atoms with van der Waals surface area (Å²) in [6.07, 6.45) is 2.53. The molecule has 2 rings (SSSR count). The van der Waals surface area contributed by atoms with Crippen molar-refractivity contribution >= 4 is 31.9 Å². The average molecular weight is 370 g/mol. The van der Waals surface area contributed by atoms with Gasteiger partial charge in [0.05, 0.1) is 0 Å². The van der Waals surface area contributed by atoms with Crippen molar-refractivity contribution in [3.8, 4) is 0 Å². The van der Waals surface area contributed by atoms with Gasteiger partial charge in [0.2, 0.25) is 0 Å². The summed E-state index contributed by atoms with van der Waals surface area (Å²) in [5.41, 5.74) is 9.57. The Labute approximate surface area is 124 Å². The fourth-order valence-electron chi connectivity index (χ4n) is 1.80. The van der Waals surface area contributed by atoms with Crippen molar-refractivity contribution in [2.24, 2.45) is 5.73 Å². The molecule has 0 bridgehead atoms. The van der Waals surface area contributed by atoms with Crippen LogP contribution in [0.1, 0.15) is 22.9 Å². The van der Waals surface area contributed by atoms with Crippen LogP contribution in [0.3, 0.4) is 0 Å². The van der Waals surface area contributed by atoms with Crippen LogP contribution >= 0.6 is 31.9 Å². The zero-order valence-corrected chi connectivity index (χ0v) is 13.2. The van der Waals surface area contributed by atoms with Crippen LogP contribution in [0.4, 0.5) is 0 Å². The van der Waals surface area contributed by atoms with E-state index in [2.05, 4.69) is 62.0 Å². The molecule has 0 aliphatic heterocycles. The van der Waals surface area contributed by atoms with E-state index in [4.69, 9.17) is 5.73 Å². The van der Waals surface area contributed by atoms with Crippen LogP contribution < -0.4 is 5.73 Å². The third-order valence-corrected chi connectivity index (χ3v) is 3.93. The van der Waals surface area contributed by atoms with Crippen molar-refractivity contribution in [3.05, 3.63) is 62.3 Å². The SMILES string of the molecule is Cc1ccc(C(N)Cc2ccc(Br)cn2)c(Br)c1. The molecule has 2 aromatic rings. The quantitative estimate of drug-likeness (QED) is 0.882. The second-order valence-corrected chi connectivity index (χ2v) is 6.07. The minimum Gasteiger partial charge on any atom is -0.324 e. The van der Waals surface area contributed by atoms with Crippen molar-refractivity contribution in [2.75, 3.05) is 0 Å². The maximum absolute atomic E-state index is 6.23. The van der Waals surface area contributed by atoms with Crippen molar-refractivity contribution in [1.82, 2.24) is 4.98 Å². The van der Waals surface area contributed by atoms with E-state index in [0.29, 0.717) is 0 Å². The number of rotatable bonds is 3. The monoisotopic (exact) mass is 368 g/mol. The second kappa shape index (κ2) is 5.95. The summed E-state index contributed by atoms with van der Waals surface area (Å²) in [5, 5.41) is 0. The summed E-state index contributed by atoms with van der Waals surface area (Å²) >= 11 is 6.94. The van der Waals surface area contributed by atoms with Gasteiger partial charge in [0.25, 0.3) is 0 Å². The Kier molecular flexibility index (Phi) is 4.54. The molecule has 2 nitrogen and oxygen atoms in total. The van der Waals surface area contributed by atoms with Crippen molar-refractivity contribution < 1.29 is 0 Å². The van der Waals surface area contributed by atoms with Gasteiger partial charge in [-0.15, -0.1) is 0 Å². The third-order valence-electron chi connectivity index (χ3n) is 2.77. The van der Waals surface area contributed by atoms with Gasteiger partial charge in [-0.05, 0) is 52.2 Å². The highest BCUT2D eigenvalue weighted by Crippen LogP contribution is 2.25. The highest BCUT2D eigenvalue weighted by Gasteiger charge is 2.11. The maximum atomic E-state index is 6.23. The van der Waals surface area contributed by atoms with Crippen LogP contribution in [0.25, 0.3) is 0 Å². The van der Waals surface area contributed by atoms with Crippen LogP contribution in [0.2, 0.25) is 0 Å². The number of hydrogen-bond donors (Lipinski definition) is 1. The van der Waals surface area contributed by atoms with Gasteiger partial charge >= 0.3 is 0 Å². The topological polar surface area (TPSA) is 38.9 Å². The smallest absolute Gasteiger partial charge is 0.0423 e. The molecule has 1 heterocycles. The lowest BCUT2D eigenvalue weighted by atomic mass is 10.0. The van der Waals surface area contributed by atoms with Gasteiger partial charge in [0.15, 0.2) is 0 Å². The van der Waals surface area contributed by atoms with E-state index >= 15 is 0 Å². The van der Waals surface area contributed by atoms with E-state index in [1.165, 1.54) is 5.56 Å². The van der Waals surface area contributed by atoms with E-state index < -0.39 is 0 Å². The van der Waals surface area contributed by atoms with Crippen LogP contribution in [0.5, 0.6) is 0 Å². The first-order valence-electron chi connectivity index (χ1n) is 5.68. The van der Waals surface area contributed by atoms with Crippen molar-refractivity contribution in [3.63, 3.8) is 0 Å². The molecule has 0 fully saturated rings. The predicted molar refractivity (Wildman–Crippen MR) is 81.4 cm³/mol. The molecule has 0 radical (unpaired) electrons. The largest absolute Gasteiger partial charge is 0.324 e. The number of pyridine rings is 1. The van der Waals surface area contributed by atoms with Gasteiger partial charge < -0.3 is 5.73 Å². The normalized spacial score (nSPS) is 12.4. The van der Waals surface area contributed by atoms with E-state index in [1.54, 1.807) is 6.20 Å². The number of aromatic nitrogens is 1. The highest BCUT2D eigenvalue weighted by atomic mass is 79.9. The van der Waals surface area contributed by atoms with E-state index in [1.807, 2.05) is 12.1 Å². The summed E-state index contributed by atoms with van der Waals surface area (Å²) in [7, 11) is 0. The van der Waals surface area contributed by atoms with Gasteiger partial charge in [-0.1, -0.05) is 28.1 Å². The summed E-state index contributed by atoms with van der Waals surface area (Å²) in [5.74, 6) is 0. The average Bonchev–Trinajstić information content (AvgIpc) is 2.32. The molecule has 4 heteroatoms. The molecular weight excluding hydrogens is 356 g/mol. The number of nitrogens with zero attached hydrogens (tertiary/aromatic N) is 1. The molecule has 1 unspecified atom stereocenters. The number of halogens is 2. The van der Waals surface area contributed by atoms with Crippen LogP contribution in [0, 0.1) is 6.92 Å². The van der Waals surface area contributed by atoms with E-state index in [-0.39, 0.29) is 6.04 Å². The van der Waals surface area contributed by atoms with Crippen molar-refractivity contribution in [2.45, 2.75) is 19.4 Å². The third kappa shape index (κ3) is 3.40. The molecule has 1 aromatic heterocycles. The van der Waals surface area contributed by atoms with Crippen LogP contribution in [-0.2, 0) is 6.42 Å². The molecule has 94 valence electrons. The van der Waals surface area contributed by atoms with Gasteiger partial charge in [-0.2, -0.15) is 0 Å². The van der Waals surface area contributed by atoms with Gasteiger partial charge in [0, 0.05) is 33.3 Å². The molecule has 0 spiro atoms. The molecule has 0 amide bonds. The van der Waals surface area contributed by atoms with Crippen LogP contribution in [-0.4, -0.2) is 4.98 Å². The first-order valence-corrected chi connectivity index (χ1v) is 7.27. The number of benzene rings is 1. The number of nitrogens with two attached hydrogens (primary N) is 1. The Morgan fingerprint density at radius 2 is 2.00 bits per heavy atom. The Hall–Kier alpha value is -0.710.